The van der Waals surface area contributed by atoms with E-state index in [4.69, 9.17) is 14.7 Å². The monoisotopic (exact) mass is 461 g/mol. The molecule has 32 heavy (non-hydrogen) atoms. The topological polar surface area (TPSA) is 117 Å². The highest BCUT2D eigenvalue weighted by atomic mass is 32.2. The zero-order valence-electron chi connectivity index (χ0n) is 17.9. The Hall–Kier alpha value is -3.08. The highest BCUT2D eigenvalue weighted by Crippen LogP contribution is 2.30. The zero-order chi connectivity index (χ0) is 23.1. The molecule has 0 bridgehead atoms. The number of sulfonamides is 1. The minimum absolute atomic E-state index is 0.0411. The van der Waals surface area contributed by atoms with Gasteiger partial charge in [0.15, 0.2) is 0 Å². The molecular weight excluding hydrogens is 434 g/mol. The van der Waals surface area contributed by atoms with Crippen molar-refractivity contribution in [2.75, 3.05) is 32.2 Å². The second kappa shape index (κ2) is 10.5. The SMILES string of the molecule is COc1ccc(OC)c(S(=O)(=O)NC2CCN(c3ccccc3/C=C/C(=O)NO)CC2)c1. The second-order valence-electron chi connectivity index (χ2n) is 7.27. The van der Waals surface area contributed by atoms with Gasteiger partial charge in [0.1, 0.15) is 16.4 Å². The Balaban J connectivity index is 1.70. The Morgan fingerprint density at radius 1 is 1.12 bits per heavy atom. The van der Waals surface area contributed by atoms with Crippen LogP contribution in [0.2, 0.25) is 0 Å². The van der Waals surface area contributed by atoms with Gasteiger partial charge in [-0.2, -0.15) is 0 Å². The summed E-state index contributed by atoms with van der Waals surface area (Å²) in [5, 5.41) is 8.67. The number of hydrogen-bond donors (Lipinski definition) is 3. The summed E-state index contributed by atoms with van der Waals surface area (Å²) in [5.41, 5.74) is 3.33. The minimum Gasteiger partial charge on any atom is -0.497 e. The van der Waals surface area contributed by atoms with Gasteiger partial charge in [0.05, 0.1) is 14.2 Å². The van der Waals surface area contributed by atoms with E-state index in [1.807, 2.05) is 24.3 Å². The minimum atomic E-state index is -3.80. The van der Waals surface area contributed by atoms with Crippen molar-refractivity contribution in [1.82, 2.24) is 10.2 Å². The Morgan fingerprint density at radius 2 is 1.84 bits per heavy atom. The van der Waals surface area contributed by atoms with Gasteiger partial charge in [-0.15, -0.1) is 0 Å². The van der Waals surface area contributed by atoms with E-state index in [1.165, 1.54) is 26.4 Å². The van der Waals surface area contributed by atoms with Crippen LogP contribution in [0, 0.1) is 0 Å². The molecule has 1 heterocycles. The number of hydrogen-bond acceptors (Lipinski definition) is 7. The van der Waals surface area contributed by atoms with Crippen LogP contribution in [-0.4, -0.2) is 52.9 Å². The van der Waals surface area contributed by atoms with Crippen molar-refractivity contribution < 1.29 is 27.9 Å². The number of anilines is 1. The van der Waals surface area contributed by atoms with Gasteiger partial charge in [-0.3, -0.25) is 10.0 Å². The molecule has 2 aromatic carbocycles. The van der Waals surface area contributed by atoms with Crippen LogP contribution in [0.4, 0.5) is 5.69 Å². The molecular formula is C22H27N3O6S. The summed E-state index contributed by atoms with van der Waals surface area (Å²) in [4.78, 5) is 13.5. The summed E-state index contributed by atoms with van der Waals surface area (Å²) in [7, 11) is -0.897. The molecule has 0 aromatic heterocycles. The van der Waals surface area contributed by atoms with E-state index in [0.29, 0.717) is 31.7 Å². The molecule has 9 nitrogen and oxygen atoms in total. The van der Waals surface area contributed by atoms with E-state index >= 15 is 0 Å². The normalized spacial score (nSPS) is 15.0. The van der Waals surface area contributed by atoms with Crippen molar-refractivity contribution in [1.29, 1.82) is 0 Å². The molecule has 3 rings (SSSR count). The molecule has 0 aliphatic carbocycles. The Morgan fingerprint density at radius 3 is 2.50 bits per heavy atom. The molecule has 0 saturated carbocycles. The maximum absolute atomic E-state index is 13.0. The molecule has 1 aliphatic heterocycles. The lowest BCUT2D eigenvalue weighted by atomic mass is 10.0. The molecule has 0 unspecified atom stereocenters. The van der Waals surface area contributed by atoms with E-state index in [9.17, 15) is 13.2 Å². The molecule has 1 amide bonds. The number of carbonyl (C=O) groups is 1. The summed E-state index contributed by atoms with van der Waals surface area (Å²) in [6.07, 6.45) is 4.10. The average Bonchev–Trinajstić information content (AvgIpc) is 2.82. The summed E-state index contributed by atoms with van der Waals surface area (Å²) in [6, 6.07) is 12.0. The highest BCUT2D eigenvalue weighted by Gasteiger charge is 2.27. The quantitative estimate of drug-likeness (QED) is 0.313. The summed E-state index contributed by atoms with van der Waals surface area (Å²) in [5.74, 6) is 0.0739. The van der Waals surface area contributed by atoms with Gasteiger partial charge in [0, 0.05) is 37.0 Å². The summed E-state index contributed by atoms with van der Waals surface area (Å²) in [6.45, 7) is 1.28. The largest absolute Gasteiger partial charge is 0.497 e. The number of methoxy groups -OCH3 is 2. The van der Waals surface area contributed by atoms with E-state index in [2.05, 4.69) is 9.62 Å². The van der Waals surface area contributed by atoms with Crippen LogP contribution in [0.5, 0.6) is 11.5 Å². The fourth-order valence-corrected chi connectivity index (χ4v) is 5.12. The first-order valence-corrected chi connectivity index (χ1v) is 11.6. The molecule has 0 spiro atoms. The first-order valence-electron chi connectivity index (χ1n) is 10.1. The summed E-state index contributed by atoms with van der Waals surface area (Å²) >= 11 is 0. The third-order valence-electron chi connectivity index (χ3n) is 5.28. The lowest BCUT2D eigenvalue weighted by Crippen LogP contribution is -2.44. The van der Waals surface area contributed by atoms with Crippen LogP contribution in [0.3, 0.4) is 0 Å². The van der Waals surface area contributed by atoms with Crippen LogP contribution in [0.25, 0.3) is 6.08 Å². The molecule has 3 N–H and O–H groups in total. The van der Waals surface area contributed by atoms with Crippen LogP contribution < -0.4 is 24.6 Å². The number of hydroxylamine groups is 1. The van der Waals surface area contributed by atoms with Gasteiger partial charge >= 0.3 is 0 Å². The van der Waals surface area contributed by atoms with Gasteiger partial charge < -0.3 is 14.4 Å². The van der Waals surface area contributed by atoms with Gasteiger partial charge in [0.2, 0.25) is 10.0 Å². The fraction of sp³-hybridized carbons (Fsp3) is 0.318. The Bertz CT molecular complexity index is 1080. The number of amides is 1. The molecule has 2 aromatic rings. The lowest BCUT2D eigenvalue weighted by molar-refractivity contribution is -0.124. The molecule has 1 saturated heterocycles. The number of ether oxygens (including phenoxy) is 2. The number of nitrogens with one attached hydrogen (secondary N) is 2. The smallest absolute Gasteiger partial charge is 0.267 e. The van der Waals surface area contributed by atoms with Crippen LogP contribution in [0.1, 0.15) is 18.4 Å². The van der Waals surface area contributed by atoms with Crippen molar-refractivity contribution in [2.24, 2.45) is 0 Å². The molecule has 0 radical (unpaired) electrons. The van der Waals surface area contributed by atoms with Crippen molar-refractivity contribution in [2.45, 2.75) is 23.8 Å². The van der Waals surface area contributed by atoms with Crippen molar-refractivity contribution in [3.05, 3.63) is 54.1 Å². The second-order valence-corrected chi connectivity index (χ2v) is 8.95. The third-order valence-corrected chi connectivity index (χ3v) is 6.82. The Labute approximate surface area is 187 Å². The first kappa shape index (κ1) is 23.6. The Kier molecular flexibility index (Phi) is 7.73. The zero-order valence-corrected chi connectivity index (χ0v) is 18.8. The van der Waals surface area contributed by atoms with Crippen LogP contribution in [0.15, 0.2) is 53.4 Å². The molecule has 1 fully saturated rings. The number of benzene rings is 2. The molecule has 10 heteroatoms. The number of para-hydroxylation sites is 1. The van der Waals surface area contributed by atoms with Gasteiger partial charge in [-0.1, -0.05) is 18.2 Å². The number of rotatable bonds is 8. The highest BCUT2D eigenvalue weighted by molar-refractivity contribution is 7.89. The standard InChI is InChI=1S/C22H27N3O6S/c1-30-18-8-9-20(31-2)21(15-18)32(28,29)24-17-11-13-25(14-12-17)19-6-4-3-5-16(19)7-10-22(26)23-27/h3-10,15,17,24,27H,11-14H2,1-2H3,(H,23,26)/b10-7+. The number of nitrogens with zero attached hydrogens (tertiary/aromatic N) is 1. The maximum atomic E-state index is 13.0. The van der Waals surface area contributed by atoms with Gasteiger partial charge in [-0.25, -0.2) is 18.6 Å². The van der Waals surface area contributed by atoms with Crippen LogP contribution >= 0.6 is 0 Å². The predicted molar refractivity (Wildman–Crippen MR) is 121 cm³/mol. The van der Waals surface area contributed by atoms with Crippen molar-refractivity contribution >= 4 is 27.7 Å². The predicted octanol–water partition coefficient (Wildman–Crippen LogP) is 2.17. The van der Waals surface area contributed by atoms with Crippen molar-refractivity contribution in [3.63, 3.8) is 0 Å². The molecule has 1 aliphatic rings. The van der Waals surface area contributed by atoms with E-state index in [-0.39, 0.29) is 16.7 Å². The van der Waals surface area contributed by atoms with Crippen molar-refractivity contribution in [3.8, 4) is 11.5 Å². The van der Waals surface area contributed by atoms with Gasteiger partial charge in [0.25, 0.3) is 5.91 Å². The third kappa shape index (κ3) is 5.58. The van der Waals surface area contributed by atoms with Crippen LogP contribution in [-0.2, 0) is 14.8 Å². The van der Waals surface area contributed by atoms with Gasteiger partial charge in [-0.05, 0) is 42.7 Å². The summed E-state index contributed by atoms with van der Waals surface area (Å²) < 4.78 is 39.2. The van der Waals surface area contributed by atoms with E-state index < -0.39 is 15.9 Å². The van der Waals surface area contributed by atoms with E-state index in [1.54, 1.807) is 23.7 Å². The number of carbonyl (C=O) groups excluding carboxylic acids is 1. The fourth-order valence-electron chi connectivity index (χ4n) is 3.63. The molecule has 0 atom stereocenters. The average molecular weight is 462 g/mol. The maximum Gasteiger partial charge on any atom is 0.267 e. The first-order chi connectivity index (χ1) is 15.4. The lowest BCUT2D eigenvalue weighted by Gasteiger charge is -2.34. The van der Waals surface area contributed by atoms with E-state index in [0.717, 1.165) is 11.3 Å². The molecule has 172 valence electrons. The number of piperidine rings is 1.